The van der Waals surface area contributed by atoms with Gasteiger partial charge >= 0.3 is 12.0 Å². The second kappa shape index (κ2) is 8.98. The summed E-state index contributed by atoms with van der Waals surface area (Å²) in [6.45, 7) is 0.467. The van der Waals surface area contributed by atoms with E-state index in [-0.39, 0.29) is 12.8 Å². The molecule has 28 heavy (non-hydrogen) atoms. The molecule has 0 unspecified atom stereocenters. The molecule has 1 N–H and O–H groups in total. The van der Waals surface area contributed by atoms with E-state index in [9.17, 15) is 14.4 Å². The summed E-state index contributed by atoms with van der Waals surface area (Å²) in [5, 5.41) is 2.57. The van der Waals surface area contributed by atoms with Crippen LogP contribution in [-0.2, 0) is 20.7 Å². The largest absolute Gasteiger partial charge is 0.477 e. The van der Waals surface area contributed by atoms with Crippen LogP contribution in [0.4, 0.5) is 10.5 Å². The molecule has 0 spiro atoms. The van der Waals surface area contributed by atoms with Gasteiger partial charge in [0.15, 0.2) is 0 Å². The van der Waals surface area contributed by atoms with E-state index in [1.165, 1.54) is 13.3 Å². The number of aromatic nitrogens is 1. The molecular weight excluding hydrogens is 362 g/mol. The number of urea groups is 1. The van der Waals surface area contributed by atoms with Gasteiger partial charge in [0.2, 0.25) is 5.88 Å². The van der Waals surface area contributed by atoms with Crippen molar-refractivity contribution in [1.29, 1.82) is 0 Å². The van der Waals surface area contributed by atoms with Crippen molar-refractivity contribution in [2.24, 2.45) is 0 Å². The van der Waals surface area contributed by atoms with E-state index < -0.39 is 23.9 Å². The number of benzene rings is 1. The first-order valence-corrected chi connectivity index (χ1v) is 8.92. The number of hydrogen-bond donors (Lipinski definition) is 1. The van der Waals surface area contributed by atoms with E-state index in [4.69, 9.17) is 4.74 Å². The number of amides is 3. The molecule has 3 rings (SSSR count). The van der Waals surface area contributed by atoms with Crippen molar-refractivity contribution in [1.82, 2.24) is 10.3 Å². The fourth-order valence-corrected chi connectivity index (χ4v) is 2.84. The highest BCUT2D eigenvalue weighted by Gasteiger charge is 2.39. The molecule has 8 nitrogen and oxygen atoms in total. The molecule has 1 aromatic carbocycles. The number of carbonyl (C=O) groups excluding carboxylic acids is 3. The Bertz CT molecular complexity index is 839. The number of esters is 1. The zero-order chi connectivity index (χ0) is 19.9. The smallest absolute Gasteiger partial charge is 0.329 e. The van der Waals surface area contributed by atoms with Crippen molar-refractivity contribution >= 4 is 23.6 Å². The zero-order valence-electron chi connectivity index (χ0n) is 15.5. The van der Waals surface area contributed by atoms with Gasteiger partial charge in [-0.05, 0) is 18.1 Å². The Kier molecular flexibility index (Phi) is 6.21. The molecule has 0 saturated carbocycles. The molecule has 1 aliphatic rings. The third kappa shape index (κ3) is 4.64. The van der Waals surface area contributed by atoms with Gasteiger partial charge in [0, 0.05) is 18.9 Å². The molecule has 0 bridgehead atoms. The van der Waals surface area contributed by atoms with Crippen LogP contribution in [0.2, 0.25) is 0 Å². The Morgan fingerprint density at radius 3 is 2.64 bits per heavy atom. The Morgan fingerprint density at radius 2 is 1.96 bits per heavy atom. The Morgan fingerprint density at radius 1 is 1.18 bits per heavy atom. The molecule has 146 valence electrons. The van der Waals surface area contributed by atoms with Crippen LogP contribution in [0.5, 0.6) is 5.88 Å². The minimum atomic E-state index is -0.756. The average Bonchev–Trinajstić information content (AvgIpc) is 3.01. The Hall–Kier alpha value is -3.42. The predicted octanol–water partition coefficient (Wildman–Crippen LogP) is 2.08. The maximum absolute atomic E-state index is 12.5. The Balaban J connectivity index is 1.56. The number of hydrogen-bond acceptors (Lipinski definition) is 6. The summed E-state index contributed by atoms with van der Waals surface area (Å²) in [5.74, 6) is -0.443. The topological polar surface area (TPSA) is 97.8 Å². The van der Waals surface area contributed by atoms with Crippen LogP contribution in [0.3, 0.4) is 0 Å². The molecule has 0 aliphatic carbocycles. The highest BCUT2D eigenvalue weighted by molar-refractivity contribution is 6.21. The summed E-state index contributed by atoms with van der Waals surface area (Å²) in [4.78, 5) is 41.0. The second-order valence-electron chi connectivity index (χ2n) is 6.23. The summed E-state index contributed by atoms with van der Waals surface area (Å²) in [7, 11) is 1.28. The van der Waals surface area contributed by atoms with Gasteiger partial charge in [0.05, 0.1) is 25.6 Å². The number of pyridine rings is 1. The fourth-order valence-electron chi connectivity index (χ4n) is 2.84. The number of ether oxygens (including phenoxy) is 2. The van der Waals surface area contributed by atoms with Crippen LogP contribution in [0.15, 0.2) is 48.7 Å². The summed E-state index contributed by atoms with van der Waals surface area (Å²) in [6.07, 6.45) is 2.40. The summed E-state index contributed by atoms with van der Waals surface area (Å²) < 4.78 is 10.2. The average molecular weight is 383 g/mol. The second-order valence-corrected chi connectivity index (χ2v) is 6.23. The number of rotatable bonds is 8. The molecular formula is C20H21N3O5. The van der Waals surface area contributed by atoms with Crippen molar-refractivity contribution in [3.05, 3.63) is 54.2 Å². The van der Waals surface area contributed by atoms with E-state index in [2.05, 4.69) is 15.0 Å². The quantitative estimate of drug-likeness (QED) is 0.554. The zero-order valence-corrected chi connectivity index (χ0v) is 15.5. The van der Waals surface area contributed by atoms with Gasteiger partial charge in [-0.1, -0.05) is 30.3 Å². The number of nitrogens with zero attached hydrogens (tertiary/aromatic N) is 2. The number of anilines is 1. The molecule has 1 atom stereocenters. The van der Waals surface area contributed by atoms with Crippen LogP contribution in [0.1, 0.15) is 18.4 Å². The lowest BCUT2D eigenvalue weighted by Crippen LogP contribution is -2.31. The van der Waals surface area contributed by atoms with Crippen LogP contribution < -0.4 is 15.0 Å². The third-order valence-corrected chi connectivity index (χ3v) is 4.35. The molecule has 1 aromatic heterocycles. The van der Waals surface area contributed by atoms with Crippen LogP contribution in [0, 0.1) is 0 Å². The van der Waals surface area contributed by atoms with Gasteiger partial charge in [-0.3, -0.25) is 9.59 Å². The van der Waals surface area contributed by atoms with E-state index in [1.807, 2.05) is 30.3 Å². The van der Waals surface area contributed by atoms with Crippen LogP contribution in [0.25, 0.3) is 0 Å². The highest BCUT2D eigenvalue weighted by atomic mass is 16.5. The first kappa shape index (κ1) is 19.3. The number of carbonyl (C=O) groups is 3. The van der Waals surface area contributed by atoms with Gasteiger partial charge < -0.3 is 14.8 Å². The standard InChI is InChI=1S/C20H21N3O5/c1-27-18(24)10-8-16-19(25)23(20(26)22-16)15-7-9-17(21-13-15)28-12-11-14-5-3-2-4-6-14/h2-7,9,13,16H,8,10-12H2,1H3,(H,22,26)/t16-/m1/s1. The number of imide groups is 1. The van der Waals surface area contributed by atoms with Gasteiger partial charge in [0.1, 0.15) is 6.04 Å². The van der Waals surface area contributed by atoms with Crippen molar-refractivity contribution in [2.75, 3.05) is 18.6 Å². The maximum atomic E-state index is 12.5. The van der Waals surface area contributed by atoms with E-state index >= 15 is 0 Å². The summed E-state index contributed by atoms with van der Waals surface area (Å²) in [5.41, 5.74) is 1.51. The van der Waals surface area contributed by atoms with Crippen molar-refractivity contribution in [3.63, 3.8) is 0 Å². The lowest BCUT2D eigenvalue weighted by Gasteiger charge is -2.13. The molecule has 3 amide bonds. The fraction of sp³-hybridized carbons (Fsp3) is 0.300. The predicted molar refractivity (Wildman–Crippen MR) is 101 cm³/mol. The third-order valence-electron chi connectivity index (χ3n) is 4.35. The highest BCUT2D eigenvalue weighted by Crippen LogP contribution is 2.22. The normalized spacial score (nSPS) is 16.0. The molecule has 2 aromatic rings. The SMILES string of the molecule is COC(=O)CC[C@H]1NC(=O)N(c2ccc(OCCc3ccccc3)nc2)C1=O. The molecule has 0 radical (unpaired) electrons. The van der Waals surface area contributed by atoms with Crippen molar-refractivity contribution < 1.29 is 23.9 Å². The molecule has 8 heteroatoms. The van der Waals surface area contributed by atoms with E-state index in [1.54, 1.807) is 12.1 Å². The van der Waals surface area contributed by atoms with Crippen LogP contribution in [-0.4, -0.2) is 42.7 Å². The van der Waals surface area contributed by atoms with Gasteiger partial charge in [0.25, 0.3) is 5.91 Å². The Labute approximate surface area is 162 Å². The molecule has 1 fully saturated rings. The van der Waals surface area contributed by atoms with Gasteiger partial charge in [-0.15, -0.1) is 0 Å². The number of nitrogens with one attached hydrogen (secondary N) is 1. The molecule has 2 heterocycles. The van der Waals surface area contributed by atoms with Crippen LogP contribution >= 0.6 is 0 Å². The van der Waals surface area contributed by atoms with Gasteiger partial charge in [-0.25, -0.2) is 14.7 Å². The monoisotopic (exact) mass is 383 g/mol. The minimum absolute atomic E-state index is 0.0491. The van der Waals surface area contributed by atoms with Crippen molar-refractivity contribution in [3.8, 4) is 5.88 Å². The first-order valence-electron chi connectivity index (χ1n) is 8.92. The number of methoxy groups -OCH3 is 1. The van der Waals surface area contributed by atoms with E-state index in [0.717, 1.165) is 16.9 Å². The molecule has 1 saturated heterocycles. The first-order chi connectivity index (χ1) is 13.6. The minimum Gasteiger partial charge on any atom is -0.477 e. The summed E-state index contributed by atoms with van der Waals surface area (Å²) >= 11 is 0. The lowest BCUT2D eigenvalue weighted by molar-refractivity contribution is -0.140. The van der Waals surface area contributed by atoms with Crippen molar-refractivity contribution in [2.45, 2.75) is 25.3 Å². The van der Waals surface area contributed by atoms with Gasteiger partial charge in [-0.2, -0.15) is 0 Å². The molecule has 1 aliphatic heterocycles. The summed E-state index contributed by atoms with van der Waals surface area (Å²) in [6, 6.07) is 11.9. The van der Waals surface area contributed by atoms with E-state index in [0.29, 0.717) is 18.2 Å². The lowest BCUT2D eigenvalue weighted by atomic mass is 10.1. The maximum Gasteiger partial charge on any atom is 0.329 e.